The van der Waals surface area contributed by atoms with Crippen molar-refractivity contribution in [3.8, 4) is 0 Å². The fraction of sp³-hybridized carbons (Fsp3) is 0.640. The molecule has 4 heterocycles. The Morgan fingerprint density at radius 3 is 0.956 bits per heavy atom. The predicted octanol–water partition coefficient (Wildman–Crippen LogP) is 17.0. The summed E-state index contributed by atoms with van der Waals surface area (Å²) in [5.74, 6) is 4.34. The Kier molecular flexibility index (Phi) is 21.7. The van der Waals surface area contributed by atoms with Crippen LogP contribution in [-0.2, 0) is 0 Å². The van der Waals surface area contributed by atoms with Crippen LogP contribution in [0, 0.1) is 114 Å². The molecule has 0 aliphatic heterocycles. The lowest BCUT2D eigenvalue weighted by Gasteiger charge is -2.59. The van der Waals surface area contributed by atoms with Gasteiger partial charge >= 0.3 is 0 Å². The van der Waals surface area contributed by atoms with Gasteiger partial charge < -0.3 is 51.1 Å². The molecule has 0 spiro atoms. The van der Waals surface area contributed by atoms with E-state index in [1.165, 1.54) is 92.5 Å². The Balaban J connectivity index is 0.000000110. The molecule has 4 aromatic rings. The molecule has 0 radical (unpaired) electrons. The predicted molar refractivity (Wildman–Crippen MR) is 448 cm³/mol. The van der Waals surface area contributed by atoms with Crippen LogP contribution < -0.4 is 0 Å². The summed E-state index contributed by atoms with van der Waals surface area (Å²) in [7, 11) is 0. The Bertz CT molecular complexity index is 4200. The van der Waals surface area contributed by atoms with E-state index in [0.717, 1.165) is 140 Å². The van der Waals surface area contributed by atoms with Crippen molar-refractivity contribution in [1.82, 2.24) is 19.9 Å². The molecule has 14 nitrogen and oxygen atoms in total. The van der Waals surface area contributed by atoms with Crippen LogP contribution >= 0.6 is 0 Å². The number of aliphatic hydroxyl groups is 10. The van der Waals surface area contributed by atoms with Gasteiger partial charge in [-0.05, 0) is 353 Å². The number of hydrogen-bond acceptors (Lipinski definition) is 14. The van der Waals surface area contributed by atoms with E-state index in [-0.39, 0.29) is 117 Å². The van der Waals surface area contributed by atoms with Crippen LogP contribution in [0.3, 0.4) is 0 Å². The lowest BCUT2D eigenvalue weighted by atomic mass is 9.46. The number of rotatable bonds is 8. The van der Waals surface area contributed by atoms with E-state index in [0.29, 0.717) is 60.2 Å². The van der Waals surface area contributed by atoms with Gasteiger partial charge in [0.05, 0.1) is 62.0 Å². The second-order valence-corrected chi connectivity index (χ2v) is 40.3. The second-order valence-electron chi connectivity index (χ2n) is 40.3. The molecule has 10 N–H and O–H groups in total. The average Bonchev–Trinajstić information content (AvgIpc) is 1.35. The largest absolute Gasteiger partial charge is 0.395 e. The van der Waals surface area contributed by atoms with Gasteiger partial charge in [0, 0.05) is 60.4 Å². The first-order chi connectivity index (χ1) is 54.8. The number of pyridine rings is 4. The summed E-state index contributed by atoms with van der Waals surface area (Å²) in [6.45, 7) is 19.0. The van der Waals surface area contributed by atoms with Gasteiger partial charge in [0.2, 0.25) is 0 Å². The molecule has 16 aliphatic carbocycles. The minimum Gasteiger partial charge on any atom is -0.395 e. The zero-order chi connectivity index (χ0) is 79.8. The van der Waals surface area contributed by atoms with Crippen molar-refractivity contribution >= 4 is 22.3 Å². The summed E-state index contributed by atoms with van der Waals surface area (Å²) in [5, 5.41) is 107. The van der Waals surface area contributed by atoms with Crippen molar-refractivity contribution in [3.05, 3.63) is 190 Å². The van der Waals surface area contributed by atoms with Crippen LogP contribution in [-0.4, -0.2) is 133 Å². The molecule has 20 rings (SSSR count). The maximum Gasteiger partial charge on any atom is 0.0757 e. The smallest absolute Gasteiger partial charge is 0.0757 e. The van der Waals surface area contributed by atoms with Crippen molar-refractivity contribution in [2.45, 2.75) is 271 Å². The minimum atomic E-state index is -0.495. The van der Waals surface area contributed by atoms with E-state index < -0.39 is 12.2 Å². The summed E-state index contributed by atoms with van der Waals surface area (Å²) in [6, 6.07) is 16.6. The molecular formula is C100H132N4O10. The standard InChI is InChI=1S/C26H35NO2.C25H33NO3.C25H33NO2.C24H31NO3/c1-4-26-10-8-20-23(22(29)14-18-13-19(28)7-9-25(18,20)3)21(26)12-16(2)24(26)17-6-5-11-27-15-17;1-15-10-20-22-19(24(2)7-5-18(28)11-17(24)12-21(22)29)6-8-25(20,14-27)23(15)16-4-3-9-26-13-16;1-3-25-11-9-20-23(21(25)7-6-19(25)16-5-4-12-26-15-16)22(28)14-17-13-18(27)8-10-24(17,20)2;1-23-8-6-17(27)11-16(23)12-21(28)22-19(23)7-9-24(14-26)18(4-5-20(22)24)15-3-2-10-25-13-15/h5-6,11,14-15,19-23,28-29H,4,7-10,12-13H2,1-3H3;3-4,9,12-13,18-22,27-29H,5-8,10-11,14H2,1-2H3;4-6,12,14-15,18,20-23,27-28H,3,7-11,13H2,1-2H3;2-4,10,12-13,17,19-22,26-28H,5-9,11,14H2,1H3/t19-,20-,21-,22-,23+,25-,26-;18-,19-,20-,21-,22+,24-,25+;18-,20-,21-,22-,23+,24-,25+;17-,19-,20-,21-,22+,23-,24-/m0000/s1. The first-order valence-electron chi connectivity index (χ1n) is 44.7. The fourth-order valence-corrected chi connectivity index (χ4v) is 30.6. The quantitative estimate of drug-likeness (QED) is 0.0737. The van der Waals surface area contributed by atoms with Crippen LogP contribution in [0.25, 0.3) is 22.3 Å². The summed E-state index contributed by atoms with van der Waals surface area (Å²) in [4.78, 5) is 17.4. The van der Waals surface area contributed by atoms with Crippen molar-refractivity contribution in [2.24, 2.45) is 114 Å². The highest BCUT2D eigenvalue weighted by Gasteiger charge is 2.66. The number of fused-ring (bicyclic) bond motifs is 20. The molecule has 612 valence electrons. The normalized spacial score (nSPS) is 44.4. The van der Waals surface area contributed by atoms with Crippen LogP contribution in [0.2, 0.25) is 0 Å². The highest BCUT2D eigenvalue weighted by molar-refractivity contribution is 5.78. The molecule has 0 saturated heterocycles. The van der Waals surface area contributed by atoms with Crippen LogP contribution in [0.5, 0.6) is 0 Å². The Hall–Kier alpha value is -5.88. The maximum atomic E-state index is 11.4. The third kappa shape index (κ3) is 12.7. The van der Waals surface area contributed by atoms with E-state index in [9.17, 15) is 51.1 Å². The highest BCUT2D eigenvalue weighted by Crippen LogP contribution is 2.73. The fourth-order valence-electron chi connectivity index (χ4n) is 30.6. The number of allylic oxidation sites excluding steroid dienone is 6. The molecule has 8 saturated carbocycles. The topological polar surface area (TPSA) is 254 Å². The van der Waals surface area contributed by atoms with E-state index >= 15 is 0 Å². The van der Waals surface area contributed by atoms with Gasteiger partial charge in [0.1, 0.15) is 0 Å². The van der Waals surface area contributed by atoms with E-state index in [1.807, 2.05) is 55.4 Å². The van der Waals surface area contributed by atoms with Gasteiger partial charge in [0.25, 0.3) is 0 Å². The molecule has 0 aromatic carbocycles. The number of hydrogen-bond donors (Lipinski definition) is 10. The molecule has 4 aromatic heterocycles. The summed E-state index contributed by atoms with van der Waals surface area (Å²) in [5.41, 5.74) is 18.4. The zero-order valence-corrected chi connectivity index (χ0v) is 69.3. The summed E-state index contributed by atoms with van der Waals surface area (Å²) >= 11 is 0. The first kappa shape index (κ1) is 80.5. The lowest BCUT2D eigenvalue weighted by Crippen LogP contribution is -2.55. The van der Waals surface area contributed by atoms with E-state index in [2.05, 4.69) is 142 Å². The van der Waals surface area contributed by atoms with Crippen LogP contribution in [0.1, 0.15) is 245 Å². The van der Waals surface area contributed by atoms with E-state index in [4.69, 9.17) is 0 Å². The molecule has 0 bridgehead atoms. The Labute approximate surface area is 678 Å². The molecule has 8 fully saturated rings. The first-order valence-corrected chi connectivity index (χ1v) is 44.7. The molecule has 28 atom stereocenters. The van der Waals surface area contributed by atoms with Crippen molar-refractivity contribution in [3.63, 3.8) is 0 Å². The lowest BCUT2D eigenvalue weighted by molar-refractivity contribution is -0.0886. The number of nitrogens with zero attached hydrogens (tertiary/aromatic N) is 4. The van der Waals surface area contributed by atoms with Gasteiger partial charge in [0.15, 0.2) is 0 Å². The molecule has 16 aliphatic rings. The third-order valence-electron chi connectivity index (χ3n) is 36.0. The van der Waals surface area contributed by atoms with Gasteiger partial charge in [-0.3, -0.25) is 19.9 Å². The highest BCUT2D eigenvalue weighted by atomic mass is 16.3. The average molecular weight is 1550 g/mol. The van der Waals surface area contributed by atoms with E-state index in [1.54, 1.807) is 12.4 Å². The second kappa shape index (κ2) is 30.7. The van der Waals surface area contributed by atoms with Gasteiger partial charge in [-0.2, -0.15) is 0 Å². The molecule has 0 amide bonds. The molecule has 0 unspecified atom stereocenters. The summed E-state index contributed by atoms with van der Waals surface area (Å²) < 4.78 is 0. The Morgan fingerprint density at radius 2 is 0.623 bits per heavy atom. The van der Waals surface area contributed by atoms with Crippen molar-refractivity contribution in [2.75, 3.05) is 13.2 Å². The molecule has 114 heavy (non-hydrogen) atoms. The SMILES string of the molecule is CC1=C(c2cccnc2)[C@@]2(CO)CC[C@H]3[C@@H]([C@@H](O)C=C4C[C@@H](O)CC[C@@]43C)[C@@H]2C1.CC[C@]12CC[C@H]3[C@@H]([C@@H](O)C=C4C[C@@H](O)CC[C@@]43C)[C@@H]1CC(C)=C2c1cccnc1.CC[C@]12CC[C@H]3[C@@H]([C@@H](O)C=C4C[C@@H](O)CC[C@@]43C)[C@@H]1CC=C2c1cccnc1.C[C@]12CC[C@H](O)CC1=C[C@H](O)[C@H]1[C@@H]3CC=C(c4cccnc4)[C@@]3(CO)CC[C@@H]12. The van der Waals surface area contributed by atoms with Crippen molar-refractivity contribution in [1.29, 1.82) is 0 Å². The Morgan fingerprint density at radius 1 is 0.333 bits per heavy atom. The zero-order valence-electron chi connectivity index (χ0n) is 69.3. The number of aromatic nitrogens is 4. The molecule has 14 heteroatoms. The van der Waals surface area contributed by atoms with Gasteiger partial charge in [-0.15, -0.1) is 0 Å². The van der Waals surface area contributed by atoms with Crippen LogP contribution in [0.15, 0.2) is 168 Å². The van der Waals surface area contributed by atoms with Gasteiger partial charge in [-0.1, -0.05) is 136 Å². The third-order valence-corrected chi connectivity index (χ3v) is 36.0. The monoisotopic (exact) mass is 1550 g/mol. The minimum absolute atomic E-state index is 0.0652. The van der Waals surface area contributed by atoms with Crippen LogP contribution in [0.4, 0.5) is 0 Å². The maximum absolute atomic E-state index is 11.4. The van der Waals surface area contributed by atoms with Crippen molar-refractivity contribution < 1.29 is 51.1 Å². The number of aliphatic hydroxyl groups excluding tert-OH is 10. The summed E-state index contributed by atoms with van der Waals surface area (Å²) in [6.07, 6.45) is 51.0. The van der Waals surface area contributed by atoms with Gasteiger partial charge in [-0.25, -0.2) is 0 Å². The molecular weight excluding hydrogens is 1420 g/mol.